The van der Waals surface area contributed by atoms with Crippen LogP contribution in [0.5, 0.6) is 0 Å². The lowest BCUT2D eigenvalue weighted by atomic mass is 9.98. The van der Waals surface area contributed by atoms with E-state index in [9.17, 15) is 24.8 Å². The second-order valence-corrected chi connectivity index (χ2v) is 5.82. The van der Waals surface area contributed by atoms with E-state index in [1.54, 1.807) is 12.1 Å². The maximum atomic E-state index is 12.4. The van der Waals surface area contributed by atoms with Gasteiger partial charge in [-0.1, -0.05) is 42.5 Å². The highest BCUT2D eigenvalue weighted by molar-refractivity contribution is 6.04. The van der Waals surface area contributed by atoms with Gasteiger partial charge in [-0.2, -0.15) is 5.10 Å². The number of hydrogen-bond donors (Lipinski definition) is 0. The Morgan fingerprint density at radius 2 is 1.85 bits per heavy atom. The molecule has 0 saturated carbocycles. The number of amides is 1. The maximum absolute atomic E-state index is 12.4. The Morgan fingerprint density at radius 3 is 2.52 bits per heavy atom. The van der Waals surface area contributed by atoms with Gasteiger partial charge < -0.3 is 9.90 Å². The molecule has 0 bridgehead atoms. The summed E-state index contributed by atoms with van der Waals surface area (Å²) in [5.74, 6) is -2.10. The van der Waals surface area contributed by atoms with E-state index in [0.29, 0.717) is 23.8 Å². The van der Waals surface area contributed by atoms with Crippen LogP contribution in [-0.4, -0.2) is 27.5 Å². The Labute approximate surface area is 154 Å². The number of benzene rings is 2. The molecule has 1 atom stereocenters. The van der Waals surface area contributed by atoms with E-state index in [4.69, 9.17) is 0 Å². The van der Waals surface area contributed by atoms with Crippen molar-refractivity contribution in [3.63, 3.8) is 0 Å². The van der Waals surface area contributed by atoms with Crippen molar-refractivity contribution in [1.29, 1.82) is 0 Å². The van der Waals surface area contributed by atoms with Gasteiger partial charge in [0.25, 0.3) is 11.6 Å². The van der Waals surface area contributed by atoms with Crippen molar-refractivity contribution < 1.29 is 19.6 Å². The van der Waals surface area contributed by atoms with Crippen molar-refractivity contribution in [2.45, 2.75) is 12.5 Å². The topological polar surface area (TPSA) is 116 Å². The molecule has 0 aliphatic carbocycles. The van der Waals surface area contributed by atoms with Crippen molar-refractivity contribution in [2.24, 2.45) is 5.10 Å². The average molecular weight is 364 g/mol. The van der Waals surface area contributed by atoms with Crippen molar-refractivity contribution in [3.8, 4) is 0 Å². The summed E-state index contributed by atoms with van der Waals surface area (Å²) < 4.78 is 0. The van der Waals surface area contributed by atoms with E-state index < -0.39 is 22.8 Å². The minimum Gasteiger partial charge on any atom is -0.545 e. The molecular weight excluding hydrogens is 350 g/mol. The Hall–Kier alpha value is -3.81. The van der Waals surface area contributed by atoms with Crippen molar-refractivity contribution in [1.82, 2.24) is 5.01 Å². The van der Waals surface area contributed by atoms with Gasteiger partial charge in [-0.15, -0.1) is 0 Å². The van der Waals surface area contributed by atoms with E-state index in [-0.39, 0.29) is 5.69 Å². The molecule has 0 saturated heterocycles. The molecule has 0 spiro atoms. The first-order chi connectivity index (χ1) is 13.0. The van der Waals surface area contributed by atoms with Crippen molar-refractivity contribution >= 4 is 23.3 Å². The minimum atomic E-state index is -1.48. The van der Waals surface area contributed by atoms with E-state index in [2.05, 4.69) is 5.10 Å². The van der Waals surface area contributed by atoms with E-state index in [0.717, 1.165) is 11.6 Å². The standard InChI is InChI=1S/C19H15N3O5/c23-18(9-10-19(24)25)21-17(13-5-2-1-3-6-13)12-16(20-21)14-7-4-8-15(11-14)22(26)27/h1-11,17H,12H2,(H,24,25)/p-1/b10-9+/t17-/m1/s1. The zero-order chi connectivity index (χ0) is 19.4. The molecule has 0 fully saturated rings. The van der Waals surface area contributed by atoms with Crippen LogP contribution in [0.4, 0.5) is 5.69 Å². The van der Waals surface area contributed by atoms with E-state index in [1.807, 2.05) is 30.3 Å². The van der Waals surface area contributed by atoms with Crippen LogP contribution >= 0.6 is 0 Å². The predicted molar refractivity (Wildman–Crippen MR) is 94.4 cm³/mol. The van der Waals surface area contributed by atoms with E-state index >= 15 is 0 Å². The van der Waals surface area contributed by atoms with Gasteiger partial charge in [0.15, 0.2) is 0 Å². The molecule has 0 aromatic heterocycles. The van der Waals surface area contributed by atoms with Crippen molar-refractivity contribution in [3.05, 3.63) is 88.0 Å². The number of nitro benzene ring substituents is 1. The fraction of sp³-hybridized carbons (Fsp3) is 0.105. The molecule has 0 radical (unpaired) electrons. The van der Waals surface area contributed by atoms with Gasteiger partial charge in [0, 0.05) is 30.2 Å². The summed E-state index contributed by atoms with van der Waals surface area (Å²) in [6.07, 6.45) is 1.87. The monoisotopic (exact) mass is 364 g/mol. The van der Waals surface area contributed by atoms with Gasteiger partial charge in [0.1, 0.15) is 0 Å². The normalized spacial score (nSPS) is 16.4. The number of rotatable bonds is 5. The summed E-state index contributed by atoms with van der Waals surface area (Å²) in [4.78, 5) is 33.5. The van der Waals surface area contributed by atoms with Gasteiger partial charge >= 0.3 is 0 Å². The fourth-order valence-electron chi connectivity index (χ4n) is 2.84. The predicted octanol–water partition coefficient (Wildman–Crippen LogP) is 1.58. The highest BCUT2D eigenvalue weighted by Crippen LogP contribution is 2.33. The molecule has 2 aromatic carbocycles. The van der Waals surface area contributed by atoms with Crippen LogP contribution in [0, 0.1) is 10.1 Å². The van der Waals surface area contributed by atoms with Gasteiger partial charge in [0.05, 0.1) is 22.6 Å². The Bertz CT molecular complexity index is 953. The molecule has 0 N–H and O–H groups in total. The number of non-ortho nitro benzene ring substituents is 1. The van der Waals surface area contributed by atoms with Crippen LogP contribution in [0.2, 0.25) is 0 Å². The molecular formula is C19H14N3O5-. The number of carboxylic acid groups (broad SMARTS) is 1. The molecule has 1 heterocycles. The second kappa shape index (κ2) is 7.61. The molecule has 1 amide bonds. The van der Waals surface area contributed by atoms with Crippen LogP contribution in [0.25, 0.3) is 0 Å². The van der Waals surface area contributed by atoms with Crippen LogP contribution in [0.1, 0.15) is 23.6 Å². The number of carbonyl (C=O) groups excluding carboxylic acids is 2. The number of carbonyl (C=O) groups is 2. The lowest BCUT2D eigenvalue weighted by Crippen LogP contribution is -2.26. The van der Waals surface area contributed by atoms with Crippen molar-refractivity contribution in [2.75, 3.05) is 0 Å². The quantitative estimate of drug-likeness (QED) is 0.454. The first-order valence-electron chi connectivity index (χ1n) is 8.05. The lowest BCUT2D eigenvalue weighted by molar-refractivity contribution is -0.384. The molecule has 1 aliphatic rings. The number of nitrogens with zero attached hydrogens (tertiary/aromatic N) is 3. The summed E-state index contributed by atoms with van der Waals surface area (Å²) >= 11 is 0. The molecule has 3 rings (SSSR count). The zero-order valence-electron chi connectivity index (χ0n) is 14.0. The van der Waals surface area contributed by atoms with E-state index in [1.165, 1.54) is 17.1 Å². The molecule has 2 aromatic rings. The molecule has 27 heavy (non-hydrogen) atoms. The zero-order valence-corrected chi connectivity index (χ0v) is 14.0. The summed E-state index contributed by atoms with van der Waals surface area (Å²) in [5, 5.41) is 27.1. The third-order valence-corrected chi connectivity index (χ3v) is 4.07. The van der Waals surface area contributed by atoms with Crippen LogP contribution < -0.4 is 5.11 Å². The molecule has 8 heteroatoms. The smallest absolute Gasteiger partial charge is 0.270 e. The third-order valence-electron chi connectivity index (χ3n) is 4.07. The highest BCUT2D eigenvalue weighted by Gasteiger charge is 2.32. The summed E-state index contributed by atoms with van der Waals surface area (Å²) in [6, 6.07) is 14.7. The van der Waals surface area contributed by atoms with Gasteiger partial charge in [-0.25, -0.2) is 5.01 Å². The maximum Gasteiger partial charge on any atom is 0.270 e. The number of aliphatic carboxylic acids is 1. The second-order valence-electron chi connectivity index (χ2n) is 5.82. The largest absolute Gasteiger partial charge is 0.545 e. The average Bonchev–Trinajstić information content (AvgIpc) is 3.12. The summed E-state index contributed by atoms with van der Waals surface area (Å²) in [7, 11) is 0. The number of carboxylic acids is 1. The number of nitro groups is 1. The van der Waals surface area contributed by atoms with Gasteiger partial charge in [-0.3, -0.25) is 14.9 Å². The summed E-state index contributed by atoms with van der Waals surface area (Å²) in [5.41, 5.74) is 1.78. The van der Waals surface area contributed by atoms with Gasteiger partial charge in [0.2, 0.25) is 0 Å². The SMILES string of the molecule is O=C([O-])/C=C/C(=O)N1N=C(c2cccc([N+](=O)[O-])c2)C[C@@H]1c1ccccc1. The Morgan fingerprint density at radius 1 is 1.11 bits per heavy atom. The molecule has 1 aliphatic heterocycles. The van der Waals surface area contributed by atoms with Crippen LogP contribution in [0.3, 0.4) is 0 Å². The van der Waals surface area contributed by atoms with Crippen LogP contribution in [0.15, 0.2) is 71.9 Å². The number of hydrogen-bond acceptors (Lipinski definition) is 6. The number of hydrazone groups is 1. The summed E-state index contributed by atoms with van der Waals surface area (Å²) in [6.45, 7) is 0. The highest BCUT2D eigenvalue weighted by atomic mass is 16.6. The molecule has 8 nitrogen and oxygen atoms in total. The fourth-order valence-corrected chi connectivity index (χ4v) is 2.84. The first kappa shape index (κ1) is 18.0. The first-order valence-corrected chi connectivity index (χ1v) is 8.05. The lowest BCUT2D eigenvalue weighted by Gasteiger charge is -2.20. The Kier molecular flexibility index (Phi) is 5.07. The van der Waals surface area contributed by atoms with Crippen LogP contribution in [-0.2, 0) is 9.59 Å². The molecule has 136 valence electrons. The van der Waals surface area contributed by atoms with Gasteiger partial charge in [-0.05, 0) is 11.6 Å². The molecule has 0 unspecified atom stereocenters. The Balaban J connectivity index is 1.97. The minimum absolute atomic E-state index is 0.0758. The third kappa shape index (κ3) is 4.06.